The molecule has 2 saturated heterocycles. The van der Waals surface area contributed by atoms with Crippen molar-refractivity contribution in [2.45, 2.75) is 0 Å². The molecule has 7 nitrogen and oxygen atoms in total. The Morgan fingerprint density at radius 2 is 1.86 bits per heavy atom. The van der Waals surface area contributed by atoms with Gasteiger partial charge in [0.25, 0.3) is 11.8 Å². The smallest absolute Gasteiger partial charge is 0.270 e. The van der Waals surface area contributed by atoms with E-state index in [0.29, 0.717) is 47.0 Å². The first-order valence-corrected chi connectivity index (χ1v) is 12.7. The third-order valence-corrected chi connectivity index (χ3v) is 7.30. The molecule has 0 bridgehead atoms. The molecule has 3 aromatic rings. The largest absolute Gasteiger partial charge is 0.493 e. The molecule has 2 aliphatic heterocycles. The first-order chi connectivity index (χ1) is 17.5. The highest BCUT2D eigenvalue weighted by molar-refractivity contribution is 8.27. The monoisotopic (exact) mass is 520 g/mol. The summed E-state index contributed by atoms with van der Waals surface area (Å²) in [6.07, 6.45) is 1.79. The fraction of sp³-hybridized carbons (Fsp3) is 0.222. The second kappa shape index (κ2) is 10.7. The van der Waals surface area contributed by atoms with E-state index in [-0.39, 0.29) is 18.4 Å². The molecule has 2 aliphatic rings. The second-order valence-corrected chi connectivity index (χ2v) is 9.88. The van der Waals surface area contributed by atoms with Gasteiger partial charge in [0, 0.05) is 18.5 Å². The highest BCUT2D eigenvalue weighted by atomic mass is 32.2. The number of carbonyl (C=O) groups excluding carboxylic acids is 2. The lowest BCUT2D eigenvalue weighted by molar-refractivity contribution is -0.137. The van der Waals surface area contributed by atoms with Crippen LogP contribution in [0.5, 0.6) is 11.5 Å². The van der Waals surface area contributed by atoms with Crippen molar-refractivity contribution in [3.05, 3.63) is 71.1 Å². The maximum Gasteiger partial charge on any atom is 0.270 e. The van der Waals surface area contributed by atoms with Gasteiger partial charge in [0.15, 0.2) is 22.4 Å². The van der Waals surface area contributed by atoms with Crippen LogP contribution >= 0.6 is 24.0 Å². The van der Waals surface area contributed by atoms with Crippen molar-refractivity contribution in [2.75, 3.05) is 44.9 Å². The van der Waals surface area contributed by atoms with E-state index in [0.717, 1.165) is 22.0 Å². The quantitative estimate of drug-likeness (QED) is 0.350. The summed E-state index contributed by atoms with van der Waals surface area (Å²) in [5.74, 6) is 0.668. The predicted molar refractivity (Wildman–Crippen MR) is 145 cm³/mol. The highest BCUT2D eigenvalue weighted by Gasteiger charge is 2.34. The molecule has 0 aliphatic carbocycles. The van der Waals surface area contributed by atoms with Crippen molar-refractivity contribution in [2.24, 2.45) is 0 Å². The minimum atomic E-state index is -0.170. The van der Waals surface area contributed by atoms with Gasteiger partial charge in [-0.15, -0.1) is 0 Å². The van der Waals surface area contributed by atoms with Gasteiger partial charge in [-0.2, -0.15) is 0 Å². The zero-order valence-electron chi connectivity index (χ0n) is 19.6. The second-order valence-electron chi connectivity index (χ2n) is 8.21. The van der Waals surface area contributed by atoms with E-state index < -0.39 is 0 Å². The molecule has 9 heteroatoms. The standard InChI is InChI=1S/C27H24N2O5S2/c1-32-23-15-18(9-10-22(23)34-17-25(30)28-11-13-33-14-12-28)16-24-26(31)29(27(35)36-24)21-8-4-6-19-5-2-3-7-20(19)21/h2-10,15-16H,11-14,17H2,1H3/b24-16+. The molecule has 0 saturated carbocycles. The van der Waals surface area contributed by atoms with Gasteiger partial charge >= 0.3 is 0 Å². The molecule has 0 N–H and O–H groups in total. The number of methoxy groups -OCH3 is 1. The molecule has 184 valence electrons. The Bertz CT molecular complexity index is 1360. The maximum atomic E-state index is 13.4. The molecule has 2 heterocycles. The molecule has 0 atom stereocenters. The Kier molecular flexibility index (Phi) is 7.22. The van der Waals surface area contributed by atoms with Crippen LogP contribution in [-0.4, -0.2) is 61.1 Å². The fourth-order valence-corrected chi connectivity index (χ4v) is 5.45. The Morgan fingerprint density at radius 1 is 1.08 bits per heavy atom. The average molecular weight is 521 g/mol. The molecular weight excluding hydrogens is 496 g/mol. The van der Waals surface area contributed by atoms with Gasteiger partial charge in [-0.05, 0) is 35.2 Å². The normalized spacial score (nSPS) is 17.2. The molecule has 2 amide bonds. The van der Waals surface area contributed by atoms with Crippen molar-refractivity contribution in [1.29, 1.82) is 0 Å². The zero-order chi connectivity index (χ0) is 25.1. The molecule has 5 rings (SSSR count). The van der Waals surface area contributed by atoms with Crippen LogP contribution in [-0.2, 0) is 14.3 Å². The van der Waals surface area contributed by atoms with Crippen molar-refractivity contribution >= 4 is 62.7 Å². The zero-order valence-corrected chi connectivity index (χ0v) is 21.3. The molecule has 3 aromatic carbocycles. The van der Waals surface area contributed by atoms with E-state index >= 15 is 0 Å². The summed E-state index contributed by atoms with van der Waals surface area (Å²) in [5.41, 5.74) is 1.53. The minimum Gasteiger partial charge on any atom is -0.493 e. The molecule has 0 aromatic heterocycles. The lowest BCUT2D eigenvalue weighted by Crippen LogP contribution is -2.43. The Hall–Kier alpha value is -3.40. The number of carbonyl (C=O) groups is 2. The summed E-state index contributed by atoms with van der Waals surface area (Å²) in [4.78, 5) is 29.6. The lowest BCUT2D eigenvalue weighted by Gasteiger charge is -2.26. The summed E-state index contributed by atoms with van der Waals surface area (Å²) >= 11 is 6.84. The number of fused-ring (bicyclic) bond motifs is 1. The number of hydrogen-bond donors (Lipinski definition) is 0. The molecular formula is C27H24N2O5S2. The number of ether oxygens (including phenoxy) is 3. The molecule has 0 unspecified atom stereocenters. The van der Waals surface area contributed by atoms with Crippen LogP contribution in [0.3, 0.4) is 0 Å². The van der Waals surface area contributed by atoms with Crippen molar-refractivity contribution in [3.8, 4) is 11.5 Å². The van der Waals surface area contributed by atoms with Crippen LogP contribution in [0.15, 0.2) is 65.6 Å². The number of hydrogen-bond acceptors (Lipinski definition) is 7. The van der Waals surface area contributed by atoms with Crippen molar-refractivity contribution < 1.29 is 23.8 Å². The van der Waals surface area contributed by atoms with Crippen LogP contribution < -0.4 is 14.4 Å². The molecule has 0 spiro atoms. The van der Waals surface area contributed by atoms with Gasteiger partial charge in [-0.3, -0.25) is 14.5 Å². The Morgan fingerprint density at radius 3 is 2.67 bits per heavy atom. The summed E-state index contributed by atoms with van der Waals surface area (Å²) in [5, 5.41) is 2.01. The van der Waals surface area contributed by atoms with Crippen molar-refractivity contribution in [1.82, 2.24) is 4.90 Å². The van der Waals surface area contributed by atoms with E-state index in [1.807, 2.05) is 48.5 Å². The van der Waals surface area contributed by atoms with Gasteiger partial charge in [-0.25, -0.2) is 0 Å². The van der Waals surface area contributed by atoms with E-state index in [4.69, 9.17) is 26.4 Å². The van der Waals surface area contributed by atoms with Gasteiger partial charge in [0.05, 0.1) is 30.9 Å². The summed E-state index contributed by atoms with van der Waals surface area (Å²) in [6.45, 7) is 2.12. The molecule has 2 fully saturated rings. The highest BCUT2D eigenvalue weighted by Crippen LogP contribution is 2.39. The van der Waals surface area contributed by atoms with Gasteiger partial charge in [0.2, 0.25) is 0 Å². The summed E-state index contributed by atoms with van der Waals surface area (Å²) in [6, 6.07) is 19.1. The van der Waals surface area contributed by atoms with Crippen LogP contribution in [0.25, 0.3) is 16.8 Å². The Labute approximate surface area is 218 Å². The number of benzene rings is 3. The van der Waals surface area contributed by atoms with Gasteiger partial charge < -0.3 is 19.1 Å². The third-order valence-electron chi connectivity index (χ3n) is 6.00. The average Bonchev–Trinajstić information content (AvgIpc) is 3.19. The number of nitrogens with zero attached hydrogens (tertiary/aromatic N) is 2. The van der Waals surface area contributed by atoms with Crippen molar-refractivity contribution in [3.63, 3.8) is 0 Å². The number of morpholine rings is 1. The van der Waals surface area contributed by atoms with Gasteiger partial charge in [0.1, 0.15) is 0 Å². The maximum absolute atomic E-state index is 13.4. The molecule has 36 heavy (non-hydrogen) atoms. The SMILES string of the molecule is COc1cc(/C=C2/SC(=S)N(c3cccc4ccccc34)C2=O)ccc1OCC(=O)N1CCOCC1. The Balaban J connectivity index is 1.34. The minimum absolute atomic E-state index is 0.0839. The third kappa shape index (κ3) is 4.95. The van der Waals surface area contributed by atoms with Crippen LogP contribution in [0.1, 0.15) is 5.56 Å². The van der Waals surface area contributed by atoms with E-state index in [1.54, 1.807) is 28.0 Å². The number of rotatable bonds is 6. The van der Waals surface area contributed by atoms with E-state index in [1.165, 1.54) is 18.9 Å². The number of amides is 2. The predicted octanol–water partition coefficient (Wildman–Crippen LogP) is 4.49. The number of anilines is 1. The van der Waals surface area contributed by atoms with Crippen LogP contribution in [0.2, 0.25) is 0 Å². The van der Waals surface area contributed by atoms with E-state index in [9.17, 15) is 9.59 Å². The van der Waals surface area contributed by atoms with Gasteiger partial charge in [-0.1, -0.05) is 66.4 Å². The topological polar surface area (TPSA) is 68.3 Å². The first kappa shape index (κ1) is 24.3. The molecule has 0 radical (unpaired) electrons. The number of thiocarbonyl (C=S) groups is 1. The summed E-state index contributed by atoms with van der Waals surface area (Å²) < 4.78 is 17.0. The summed E-state index contributed by atoms with van der Waals surface area (Å²) in [7, 11) is 1.54. The van der Waals surface area contributed by atoms with Crippen LogP contribution in [0, 0.1) is 0 Å². The fourth-order valence-electron chi connectivity index (χ4n) is 4.17. The lowest BCUT2D eigenvalue weighted by atomic mass is 10.1. The first-order valence-electron chi connectivity index (χ1n) is 11.5. The number of thioether (sulfide) groups is 1. The van der Waals surface area contributed by atoms with E-state index in [2.05, 4.69) is 0 Å². The van der Waals surface area contributed by atoms with Crippen LogP contribution in [0.4, 0.5) is 5.69 Å².